The zero-order valence-corrected chi connectivity index (χ0v) is 12.0. The predicted molar refractivity (Wildman–Crippen MR) is 77.1 cm³/mol. The predicted octanol–water partition coefficient (Wildman–Crippen LogP) is 1.90. The number of aliphatic hydroxyl groups is 1. The summed E-state index contributed by atoms with van der Waals surface area (Å²) in [5.41, 5.74) is -0.389. The molecule has 0 aliphatic carbocycles. The summed E-state index contributed by atoms with van der Waals surface area (Å²) in [6.07, 6.45) is 0.638. The van der Waals surface area contributed by atoms with Crippen molar-refractivity contribution in [3.8, 4) is 17.2 Å². The molecule has 1 aromatic heterocycles. The Labute approximate surface area is 121 Å². The van der Waals surface area contributed by atoms with Crippen LogP contribution in [-0.4, -0.2) is 30.5 Å². The average molecular weight is 294 g/mol. The van der Waals surface area contributed by atoms with Gasteiger partial charge in [-0.15, -0.1) is 0 Å². The maximum absolute atomic E-state index is 11.4. The summed E-state index contributed by atoms with van der Waals surface area (Å²) in [5.74, 6) is 0.604. The molecule has 2 rings (SSSR count). The number of phenols is 1. The standard InChI is InChI=1S/C15H18O6/c1-9(8-16)5-6-20-15-12(19-2)7-11(17)10-3-4-13(18)21-14(10)15/h3-4,7,9,16-17H,5-6,8H2,1-2H3. The molecule has 0 saturated heterocycles. The second kappa shape index (κ2) is 6.49. The number of fused-ring (bicyclic) bond motifs is 1. The number of aromatic hydroxyl groups is 1. The van der Waals surface area contributed by atoms with Gasteiger partial charge in [0.05, 0.1) is 19.1 Å². The molecule has 21 heavy (non-hydrogen) atoms. The fourth-order valence-corrected chi connectivity index (χ4v) is 1.91. The first kappa shape index (κ1) is 15.2. The fourth-order valence-electron chi connectivity index (χ4n) is 1.91. The van der Waals surface area contributed by atoms with Crippen molar-refractivity contribution in [2.75, 3.05) is 20.3 Å². The molecule has 6 nitrogen and oxygen atoms in total. The monoisotopic (exact) mass is 294 g/mol. The van der Waals surface area contributed by atoms with E-state index in [-0.39, 0.29) is 35.4 Å². The molecule has 1 atom stereocenters. The van der Waals surface area contributed by atoms with Gasteiger partial charge in [0, 0.05) is 18.7 Å². The summed E-state index contributed by atoms with van der Waals surface area (Å²) in [5, 5.41) is 19.3. The van der Waals surface area contributed by atoms with Crippen LogP contribution >= 0.6 is 0 Å². The van der Waals surface area contributed by atoms with E-state index in [0.717, 1.165) is 0 Å². The van der Waals surface area contributed by atoms with Crippen LogP contribution < -0.4 is 15.1 Å². The molecule has 0 radical (unpaired) electrons. The first-order chi connectivity index (χ1) is 10.1. The van der Waals surface area contributed by atoms with E-state index in [1.54, 1.807) is 0 Å². The smallest absolute Gasteiger partial charge is 0.336 e. The molecule has 2 aromatic rings. The number of aliphatic hydroxyl groups excluding tert-OH is 1. The Morgan fingerprint density at radius 1 is 1.38 bits per heavy atom. The second-order valence-corrected chi connectivity index (χ2v) is 4.85. The van der Waals surface area contributed by atoms with E-state index in [0.29, 0.717) is 18.4 Å². The molecular weight excluding hydrogens is 276 g/mol. The average Bonchev–Trinajstić information content (AvgIpc) is 2.48. The summed E-state index contributed by atoms with van der Waals surface area (Å²) in [6.45, 7) is 2.30. The fraction of sp³-hybridized carbons (Fsp3) is 0.400. The second-order valence-electron chi connectivity index (χ2n) is 4.85. The molecule has 6 heteroatoms. The van der Waals surface area contributed by atoms with Crippen molar-refractivity contribution in [2.24, 2.45) is 5.92 Å². The van der Waals surface area contributed by atoms with Crippen LogP contribution in [0.25, 0.3) is 11.0 Å². The van der Waals surface area contributed by atoms with Crippen molar-refractivity contribution in [3.05, 3.63) is 28.6 Å². The van der Waals surface area contributed by atoms with Crippen molar-refractivity contribution in [2.45, 2.75) is 13.3 Å². The van der Waals surface area contributed by atoms with Crippen molar-refractivity contribution >= 4 is 11.0 Å². The molecule has 0 fully saturated rings. The Hall–Kier alpha value is -2.21. The molecule has 1 aromatic carbocycles. The minimum atomic E-state index is -0.538. The molecule has 0 bridgehead atoms. The number of hydrogen-bond donors (Lipinski definition) is 2. The van der Waals surface area contributed by atoms with Crippen LogP contribution in [-0.2, 0) is 0 Å². The minimum Gasteiger partial charge on any atom is -0.507 e. The Morgan fingerprint density at radius 2 is 2.14 bits per heavy atom. The lowest BCUT2D eigenvalue weighted by molar-refractivity contribution is 0.199. The quantitative estimate of drug-likeness (QED) is 0.791. The summed E-state index contributed by atoms with van der Waals surface area (Å²) < 4.78 is 15.9. The minimum absolute atomic E-state index is 0.0540. The van der Waals surface area contributed by atoms with Gasteiger partial charge in [0.1, 0.15) is 5.75 Å². The maximum atomic E-state index is 11.4. The van der Waals surface area contributed by atoms with Gasteiger partial charge in [-0.25, -0.2) is 4.79 Å². The van der Waals surface area contributed by atoms with Crippen LogP contribution in [0.4, 0.5) is 0 Å². The number of rotatable bonds is 6. The van der Waals surface area contributed by atoms with Crippen LogP contribution in [0.5, 0.6) is 17.2 Å². The molecule has 1 unspecified atom stereocenters. The zero-order chi connectivity index (χ0) is 15.4. The summed E-state index contributed by atoms with van der Waals surface area (Å²) in [7, 11) is 1.44. The molecule has 0 saturated carbocycles. The first-order valence-electron chi connectivity index (χ1n) is 6.64. The molecule has 0 amide bonds. The molecule has 0 aliphatic heterocycles. The highest BCUT2D eigenvalue weighted by atomic mass is 16.5. The van der Waals surface area contributed by atoms with E-state index in [1.807, 2.05) is 6.92 Å². The highest BCUT2D eigenvalue weighted by Crippen LogP contribution is 2.40. The SMILES string of the molecule is COc1cc(O)c2ccc(=O)oc2c1OCCC(C)CO. The van der Waals surface area contributed by atoms with Gasteiger partial charge >= 0.3 is 5.63 Å². The molecule has 2 N–H and O–H groups in total. The van der Waals surface area contributed by atoms with Gasteiger partial charge in [-0.3, -0.25) is 0 Å². The van der Waals surface area contributed by atoms with E-state index < -0.39 is 5.63 Å². The van der Waals surface area contributed by atoms with Crippen molar-refractivity contribution in [1.29, 1.82) is 0 Å². The summed E-state index contributed by atoms with van der Waals surface area (Å²) >= 11 is 0. The van der Waals surface area contributed by atoms with E-state index >= 15 is 0 Å². The maximum Gasteiger partial charge on any atom is 0.336 e. The third-order valence-corrected chi connectivity index (χ3v) is 3.20. The molecular formula is C15H18O6. The molecule has 0 aliphatic rings. The number of ether oxygens (including phenoxy) is 2. The summed E-state index contributed by atoms with van der Waals surface area (Å²) in [6, 6.07) is 4.11. The zero-order valence-electron chi connectivity index (χ0n) is 12.0. The van der Waals surface area contributed by atoms with Gasteiger partial charge in [-0.2, -0.15) is 0 Å². The van der Waals surface area contributed by atoms with Gasteiger partial charge in [0.25, 0.3) is 0 Å². The Bertz CT molecular complexity index is 676. The Morgan fingerprint density at radius 3 is 2.81 bits per heavy atom. The number of hydrogen-bond acceptors (Lipinski definition) is 6. The Kier molecular flexibility index (Phi) is 4.70. The van der Waals surface area contributed by atoms with Crippen LogP contribution in [0, 0.1) is 5.92 Å². The normalized spacial score (nSPS) is 12.3. The van der Waals surface area contributed by atoms with Gasteiger partial charge < -0.3 is 24.1 Å². The Balaban J connectivity index is 2.41. The van der Waals surface area contributed by atoms with Crippen LogP contribution in [0.15, 0.2) is 27.4 Å². The topological polar surface area (TPSA) is 89.1 Å². The van der Waals surface area contributed by atoms with E-state index in [2.05, 4.69) is 0 Å². The largest absolute Gasteiger partial charge is 0.507 e. The lowest BCUT2D eigenvalue weighted by Gasteiger charge is -2.14. The van der Waals surface area contributed by atoms with E-state index in [1.165, 1.54) is 25.3 Å². The highest BCUT2D eigenvalue weighted by molar-refractivity contribution is 5.90. The third-order valence-electron chi connectivity index (χ3n) is 3.20. The lowest BCUT2D eigenvalue weighted by Crippen LogP contribution is -2.08. The first-order valence-corrected chi connectivity index (χ1v) is 6.64. The van der Waals surface area contributed by atoms with Crippen LogP contribution in [0.2, 0.25) is 0 Å². The van der Waals surface area contributed by atoms with Crippen molar-refractivity contribution < 1.29 is 24.1 Å². The number of benzene rings is 1. The van der Waals surface area contributed by atoms with Crippen LogP contribution in [0.1, 0.15) is 13.3 Å². The van der Waals surface area contributed by atoms with Crippen molar-refractivity contribution in [3.63, 3.8) is 0 Å². The van der Waals surface area contributed by atoms with Crippen LogP contribution in [0.3, 0.4) is 0 Å². The number of methoxy groups -OCH3 is 1. The number of phenolic OH excluding ortho intramolecular Hbond substituents is 1. The summed E-state index contributed by atoms with van der Waals surface area (Å²) in [4.78, 5) is 11.4. The van der Waals surface area contributed by atoms with E-state index in [9.17, 15) is 9.90 Å². The van der Waals surface area contributed by atoms with Gasteiger partial charge in [-0.05, 0) is 18.4 Å². The highest BCUT2D eigenvalue weighted by Gasteiger charge is 2.17. The van der Waals surface area contributed by atoms with Gasteiger partial charge in [0.15, 0.2) is 11.3 Å². The molecule has 0 spiro atoms. The van der Waals surface area contributed by atoms with Crippen molar-refractivity contribution in [1.82, 2.24) is 0 Å². The molecule has 1 heterocycles. The third kappa shape index (κ3) is 3.28. The van der Waals surface area contributed by atoms with Gasteiger partial charge in [-0.1, -0.05) is 6.92 Å². The lowest BCUT2D eigenvalue weighted by atomic mass is 10.1. The van der Waals surface area contributed by atoms with Gasteiger partial charge in [0.2, 0.25) is 5.75 Å². The molecule has 114 valence electrons. The van der Waals surface area contributed by atoms with E-state index in [4.69, 9.17) is 19.0 Å².